The molecule has 4 heterocycles. The number of aryl methyl sites for hydroxylation is 2. The van der Waals surface area contributed by atoms with Gasteiger partial charge in [0.2, 0.25) is 5.88 Å². The topological polar surface area (TPSA) is 76.0 Å². The number of hydrogen-bond acceptors (Lipinski definition) is 4. The first-order valence-electron chi connectivity index (χ1n) is 7.06. The van der Waals surface area contributed by atoms with Crippen LogP contribution >= 0.6 is 0 Å². The Morgan fingerprint density at radius 1 is 1.45 bits per heavy atom. The number of H-pyrrole nitrogens is 1. The second kappa shape index (κ2) is 4.59. The first kappa shape index (κ1) is 12.9. The lowest BCUT2D eigenvalue weighted by Crippen LogP contribution is -2.38. The first-order chi connectivity index (χ1) is 10.6. The molecule has 0 saturated heterocycles. The highest BCUT2D eigenvalue weighted by atomic mass is 16.5. The summed E-state index contributed by atoms with van der Waals surface area (Å²) in [5.41, 5.74) is 2.97. The number of fused-ring (bicyclic) bond motifs is 2. The third-order valence-corrected chi connectivity index (χ3v) is 3.86. The number of aromatic amines is 1. The summed E-state index contributed by atoms with van der Waals surface area (Å²) >= 11 is 0. The van der Waals surface area contributed by atoms with Crippen LogP contribution in [0.5, 0.6) is 5.88 Å². The second-order valence-electron chi connectivity index (χ2n) is 5.31. The lowest BCUT2D eigenvalue weighted by Gasteiger charge is -2.27. The van der Waals surface area contributed by atoms with Gasteiger partial charge in [0.25, 0.3) is 5.91 Å². The molecule has 7 heteroatoms. The van der Waals surface area contributed by atoms with E-state index >= 15 is 0 Å². The van der Waals surface area contributed by atoms with E-state index in [0.717, 1.165) is 22.3 Å². The third kappa shape index (κ3) is 1.78. The van der Waals surface area contributed by atoms with Crippen molar-refractivity contribution in [2.75, 3.05) is 18.1 Å². The summed E-state index contributed by atoms with van der Waals surface area (Å²) in [5.74, 6) is 0.548. The second-order valence-corrected chi connectivity index (χ2v) is 5.31. The highest BCUT2D eigenvalue weighted by Crippen LogP contribution is 2.35. The molecule has 0 atom stereocenters. The number of anilines is 1. The number of carbonyl (C=O) groups is 1. The number of aromatic nitrogens is 4. The minimum Gasteiger partial charge on any atom is -0.474 e. The van der Waals surface area contributed by atoms with E-state index in [0.29, 0.717) is 24.7 Å². The molecular formula is C15H15N5O2. The zero-order valence-electron chi connectivity index (χ0n) is 12.3. The molecule has 22 heavy (non-hydrogen) atoms. The molecule has 1 N–H and O–H groups in total. The van der Waals surface area contributed by atoms with Crippen LogP contribution in [0.2, 0.25) is 0 Å². The van der Waals surface area contributed by atoms with Gasteiger partial charge in [-0.25, -0.2) is 4.68 Å². The van der Waals surface area contributed by atoms with Crippen molar-refractivity contribution in [3.05, 3.63) is 35.9 Å². The maximum atomic E-state index is 12.9. The zero-order chi connectivity index (χ0) is 15.3. The fourth-order valence-electron chi connectivity index (χ4n) is 2.88. The largest absolute Gasteiger partial charge is 0.474 e. The molecule has 112 valence electrons. The van der Waals surface area contributed by atoms with E-state index in [9.17, 15) is 4.79 Å². The van der Waals surface area contributed by atoms with Gasteiger partial charge in [0, 0.05) is 30.3 Å². The Labute approximate surface area is 126 Å². The molecule has 1 aliphatic heterocycles. The highest BCUT2D eigenvalue weighted by molar-refractivity contribution is 6.08. The van der Waals surface area contributed by atoms with Gasteiger partial charge < -0.3 is 9.72 Å². The smallest absolute Gasteiger partial charge is 0.275 e. The molecule has 3 aromatic rings. The molecule has 0 radical (unpaired) electrons. The molecule has 0 bridgehead atoms. The average Bonchev–Trinajstić information content (AvgIpc) is 3.08. The Hall–Kier alpha value is -2.83. The number of nitrogens with one attached hydrogen (secondary N) is 1. The quantitative estimate of drug-likeness (QED) is 0.741. The average molecular weight is 297 g/mol. The van der Waals surface area contributed by atoms with Gasteiger partial charge >= 0.3 is 0 Å². The van der Waals surface area contributed by atoms with Crippen molar-refractivity contribution in [3.63, 3.8) is 0 Å². The van der Waals surface area contributed by atoms with Crippen molar-refractivity contribution in [2.45, 2.75) is 6.92 Å². The third-order valence-electron chi connectivity index (χ3n) is 3.86. The molecule has 1 aliphatic rings. The van der Waals surface area contributed by atoms with Gasteiger partial charge in [0.05, 0.1) is 12.2 Å². The van der Waals surface area contributed by atoms with Crippen LogP contribution in [0.4, 0.5) is 5.69 Å². The summed E-state index contributed by atoms with van der Waals surface area (Å²) in [5, 5.41) is 5.26. The molecule has 4 rings (SSSR count). The van der Waals surface area contributed by atoms with E-state index in [1.165, 1.54) is 0 Å². The molecule has 0 spiro atoms. The van der Waals surface area contributed by atoms with Gasteiger partial charge in [-0.15, -0.1) is 0 Å². The van der Waals surface area contributed by atoms with Gasteiger partial charge in [0.15, 0.2) is 0 Å². The zero-order valence-corrected chi connectivity index (χ0v) is 12.3. The van der Waals surface area contributed by atoms with Crippen LogP contribution < -0.4 is 9.64 Å². The van der Waals surface area contributed by atoms with Crippen molar-refractivity contribution in [2.24, 2.45) is 7.05 Å². The number of hydrogen-bond donors (Lipinski definition) is 1. The normalized spacial score (nSPS) is 14.0. The summed E-state index contributed by atoms with van der Waals surface area (Å²) in [4.78, 5) is 21.8. The summed E-state index contributed by atoms with van der Waals surface area (Å²) in [6.07, 6.45) is 3.44. The van der Waals surface area contributed by atoms with Crippen molar-refractivity contribution in [1.82, 2.24) is 19.7 Å². The van der Waals surface area contributed by atoms with Crippen molar-refractivity contribution < 1.29 is 9.53 Å². The van der Waals surface area contributed by atoms with Crippen molar-refractivity contribution >= 4 is 22.5 Å². The number of rotatable bonds is 1. The van der Waals surface area contributed by atoms with Crippen molar-refractivity contribution in [3.8, 4) is 5.88 Å². The minimum absolute atomic E-state index is 0.0862. The fraction of sp³-hybridized carbons (Fsp3) is 0.267. The van der Waals surface area contributed by atoms with E-state index in [1.807, 2.05) is 26.1 Å². The number of amides is 1. The Morgan fingerprint density at radius 3 is 3.14 bits per heavy atom. The van der Waals surface area contributed by atoms with E-state index in [4.69, 9.17) is 4.74 Å². The number of pyridine rings is 1. The van der Waals surface area contributed by atoms with Gasteiger partial charge in [0.1, 0.15) is 18.0 Å². The molecule has 0 aliphatic carbocycles. The molecule has 0 unspecified atom stereocenters. The van der Waals surface area contributed by atoms with Crippen LogP contribution in [0, 0.1) is 6.92 Å². The highest BCUT2D eigenvalue weighted by Gasteiger charge is 2.30. The maximum Gasteiger partial charge on any atom is 0.275 e. The Kier molecular flexibility index (Phi) is 2.69. The predicted molar refractivity (Wildman–Crippen MR) is 81.2 cm³/mol. The monoisotopic (exact) mass is 297 g/mol. The molecule has 7 nitrogen and oxygen atoms in total. The first-order valence-corrected chi connectivity index (χ1v) is 7.06. The lowest BCUT2D eigenvalue weighted by atomic mass is 10.2. The predicted octanol–water partition coefficient (Wildman–Crippen LogP) is 1.64. The SMILES string of the molecule is Cc1nn(C)c2c1N(C(=O)c1cc3cnccc3[nH]1)CCO2. The number of ether oxygens (including phenoxy) is 1. The standard InChI is InChI=1S/C15H15N5O2/c1-9-13-15(19(2)18-9)22-6-5-20(13)14(21)12-7-10-8-16-4-3-11(10)17-12/h3-4,7-8,17H,5-6H2,1-2H3. The molecule has 3 aromatic heterocycles. The van der Waals surface area contributed by atoms with E-state index < -0.39 is 0 Å². The summed E-state index contributed by atoms with van der Waals surface area (Å²) < 4.78 is 7.30. The van der Waals surface area contributed by atoms with Crippen LogP contribution in [0.25, 0.3) is 10.9 Å². The lowest BCUT2D eigenvalue weighted by molar-refractivity contribution is 0.0971. The number of carbonyl (C=O) groups excluding carboxylic acids is 1. The Morgan fingerprint density at radius 2 is 2.32 bits per heavy atom. The van der Waals surface area contributed by atoms with Crippen molar-refractivity contribution in [1.29, 1.82) is 0 Å². The van der Waals surface area contributed by atoms with Crippen LogP contribution in [0.15, 0.2) is 24.5 Å². The molecule has 0 fully saturated rings. The van der Waals surface area contributed by atoms with Crippen LogP contribution in [0.3, 0.4) is 0 Å². The number of nitrogens with zero attached hydrogens (tertiary/aromatic N) is 4. The van der Waals surface area contributed by atoms with E-state index in [1.54, 1.807) is 22.0 Å². The minimum atomic E-state index is -0.0862. The maximum absolute atomic E-state index is 12.9. The summed E-state index contributed by atoms with van der Waals surface area (Å²) in [7, 11) is 1.81. The summed E-state index contributed by atoms with van der Waals surface area (Å²) in [6, 6.07) is 3.68. The fourth-order valence-corrected chi connectivity index (χ4v) is 2.88. The van der Waals surface area contributed by atoms with E-state index in [-0.39, 0.29) is 5.91 Å². The van der Waals surface area contributed by atoms with Crippen LogP contribution in [-0.4, -0.2) is 38.8 Å². The molecule has 0 saturated carbocycles. The van der Waals surface area contributed by atoms with Gasteiger partial charge in [-0.1, -0.05) is 0 Å². The van der Waals surface area contributed by atoms with Gasteiger partial charge in [-0.3, -0.25) is 14.7 Å². The Bertz CT molecular complexity index is 846. The van der Waals surface area contributed by atoms with E-state index in [2.05, 4.69) is 15.1 Å². The van der Waals surface area contributed by atoms with Gasteiger partial charge in [-0.05, 0) is 19.1 Å². The molecule has 1 amide bonds. The Balaban J connectivity index is 1.78. The molecular weight excluding hydrogens is 282 g/mol. The van der Waals surface area contributed by atoms with Crippen LogP contribution in [-0.2, 0) is 7.05 Å². The van der Waals surface area contributed by atoms with Crippen LogP contribution in [0.1, 0.15) is 16.2 Å². The van der Waals surface area contributed by atoms with Gasteiger partial charge in [-0.2, -0.15) is 5.10 Å². The summed E-state index contributed by atoms with van der Waals surface area (Å²) in [6.45, 7) is 2.84. The molecule has 0 aromatic carbocycles.